The highest BCUT2D eigenvalue weighted by molar-refractivity contribution is 9.10. The van der Waals surface area contributed by atoms with Gasteiger partial charge >= 0.3 is 0 Å². The lowest BCUT2D eigenvalue weighted by Gasteiger charge is -2.14. The molecule has 1 amide bonds. The normalized spacial score (nSPS) is 11.1. The van der Waals surface area contributed by atoms with Crippen molar-refractivity contribution in [3.05, 3.63) is 104 Å². The number of hydrogen-bond donors (Lipinski definition) is 1. The molecule has 8 heteroatoms. The Morgan fingerprint density at radius 3 is 2.53 bits per heavy atom. The lowest BCUT2D eigenvalue weighted by Crippen LogP contribution is -2.13. The van der Waals surface area contributed by atoms with Crippen LogP contribution in [0.15, 0.2) is 82.8 Å². The molecular formula is C28H19BrCl2N2O3. The molecule has 36 heavy (non-hydrogen) atoms. The van der Waals surface area contributed by atoms with Gasteiger partial charge in [0.05, 0.1) is 21.6 Å². The number of ether oxygens (including phenoxy) is 2. The average molecular weight is 582 g/mol. The Morgan fingerprint density at radius 1 is 1.03 bits per heavy atom. The standard InChI is InChI=1S/C28H19BrCl2N2O3/c1-35-26-13-18(11-21(15-32)28(34)33-22-8-9-24(30)25(31)14-22)12-23(29)27(26)36-16-17-6-7-19-4-2-3-5-20(19)10-17/h2-14H,16H2,1H3,(H,33,34)/b21-11+. The third kappa shape index (κ3) is 6.00. The first-order valence-electron chi connectivity index (χ1n) is 10.7. The van der Waals surface area contributed by atoms with E-state index in [0.29, 0.717) is 43.9 Å². The molecule has 4 aromatic rings. The molecule has 0 radical (unpaired) electrons. The first kappa shape index (κ1) is 25.6. The van der Waals surface area contributed by atoms with Crippen molar-refractivity contribution in [3.63, 3.8) is 0 Å². The molecule has 0 unspecified atom stereocenters. The second-order valence-electron chi connectivity index (χ2n) is 7.76. The van der Waals surface area contributed by atoms with Crippen molar-refractivity contribution < 1.29 is 14.3 Å². The van der Waals surface area contributed by atoms with Crippen molar-refractivity contribution in [3.8, 4) is 17.6 Å². The van der Waals surface area contributed by atoms with Gasteiger partial charge in [0.1, 0.15) is 18.2 Å². The highest BCUT2D eigenvalue weighted by Gasteiger charge is 2.15. The second kappa shape index (κ2) is 11.5. The molecule has 0 saturated carbocycles. The van der Waals surface area contributed by atoms with Crippen LogP contribution in [0.2, 0.25) is 10.0 Å². The SMILES string of the molecule is COc1cc(/C=C(\C#N)C(=O)Nc2ccc(Cl)c(Cl)c2)cc(Br)c1OCc1ccc2ccccc2c1. The van der Waals surface area contributed by atoms with E-state index in [1.165, 1.54) is 19.3 Å². The van der Waals surface area contributed by atoms with Crippen LogP contribution in [0.3, 0.4) is 0 Å². The Kier molecular flexibility index (Phi) is 8.17. The van der Waals surface area contributed by atoms with E-state index in [1.54, 1.807) is 24.3 Å². The summed E-state index contributed by atoms with van der Waals surface area (Å²) in [4.78, 5) is 12.7. The van der Waals surface area contributed by atoms with Gasteiger partial charge in [-0.15, -0.1) is 0 Å². The monoisotopic (exact) mass is 580 g/mol. The fourth-order valence-corrected chi connectivity index (χ4v) is 4.41. The van der Waals surface area contributed by atoms with Gasteiger partial charge in [0.15, 0.2) is 11.5 Å². The van der Waals surface area contributed by atoms with E-state index in [9.17, 15) is 10.1 Å². The number of nitriles is 1. The van der Waals surface area contributed by atoms with Gasteiger partial charge in [-0.2, -0.15) is 5.26 Å². The molecule has 1 N–H and O–H groups in total. The number of nitrogens with one attached hydrogen (secondary N) is 1. The minimum absolute atomic E-state index is 0.0974. The highest BCUT2D eigenvalue weighted by Crippen LogP contribution is 2.38. The lowest BCUT2D eigenvalue weighted by molar-refractivity contribution is -0.112. The van der Waals surface area contributed by atoms with Crippen LogP contribution in [0.25, 0.3) is 16.8 Å². The summed E-state index contributed by atoms with van der Waals surface area (Å²) in [7, 11) is 1.53. The average Bonchev–Trinajstić information content (AvgIpc) is 2.88. The number of amides is 1. The van der Waals surface area contributed by atoms with E-state index in [4.69, 9.17) is 32.7 Å². The van der Waals surface area contributed by atoms with Gasteiger partial charge < -0.3 is 14.8 Å². The Hall–Kier alpha value is -3.50. The van der Waals surface area contributed by atoms with Crippen LogP contribution in [0.1, 0.15) is 11.1 Å². The van der Waals surface area contributed by atoms with Crippen LogP contribution in [0.5, 0.6) is 11.5 Å². The molecule has 0 spiro atoms. The Bertz CT molecular complexity index is 1530. The van der Waals surface area contributed by atoms with Gasteiger partial charge in [0.25, 0.3) is 5.91 Å². The van der Waals surface area contributed by atoms with Crippen molar-refractivity contribution in [1.29, 1.82) is 5.26 Å². The van der Waals surface area contributed by atoms with Crippen LogP contribution in [0.4, 0.5) is 5.69 Å². The highest BCUT2D eigenvalue weighted by atomic mass is 79.9. The Balaban J connectivity index is 1.54. The number of halogens is 3. The molecule has 4 rings (SSSR count). The molecule has 0 atom stereocenters. The summed E-state index contributed by atoms with van der Waals surface area (Å²) in [5.41, 5.74) is 1.92. The maximum Gasteiger partial charge on any atom is 0.266 e. The summed E-state index contributed by atoms with van der Waals surface area (Å²) in [6.45, 7) is 0.338. The molecular weight excluding hydrogens is 563 g/mol. The smallest absolute Gasteiger partial charge is 0.266 e. The van der Waals surface area contributed by atoms with E-state index < -0.39 is 5.91 Å². The number of fused-ring (bicyclic) bond motifs is 1. The van der Waals surface area contributed by atoms with Crippen molar-refractivity contribution in [2.24, 2.45) is 0 Å². The van der Waals surface area contributed by atoms with E-state index >= 15 is 0 Å². The number of hydrogen-bond acceptors (Lipinski definition) is 4. The van der Waals surface area contributed by atoms with Gasteiger partial charge in [0.2, 0.25) is 0 Å². The molecule has 0 heterocycles. The van der Waals surface area contributed by atoms with Gasteiger partial charge in [-0.3, -0.25) is 4.79 Å². The molecule has 5 nitrogen and oxygen atoms in total. The van der Waals surface area contributed by atoms with Crippen LogP contribution in [0, 0.1) is 11.3 Å². The maximum absolute atomic E-state index is 12.7. The zero-order valence-corrected chi connectivity index (χ0v) is 22.1. The topological polar surface area (TPSA) is 71.3 Å². The minimum Gasteiger partial charge on any atom is -0.493 e. The summed E-state index contributed by atoms with van der Waals surface area (Å²) < 4.78 is 12.2. The molecule has 0 aliphatic rings. The number of benzene rings is 4. The second-order valence-corrected chi connectivity index (χ2v) is 9.43. The fraction of sp³-hybridized carbons (Fsp3) is 0.0714. The molecule has 4 aromatic carbocycles. The van der Waals surface area contributed by atoms with Crippen LogP contribution < -0.4 is 14.8 Å². The molecule has 180 valence electrons. The third-order valence-electron chi connectivity index (χ3n) is 5.30. The zero-order chi connectivity index (χ0) is 25.7. The molecule has 0 fully saturated rings. The first-order valence-corrected chi connectivity index (χ1v) is 12.3. The Labute approximate surface area is 227 Å². The number of carbonyl (C=O) groups excluding carboxylic acids is 1. The molecule has 0 aromatic heterocycles. The molecule has 0 aliphatic carbocycles. The van der Waals surface area contributed by atoms with E-state index in [0.717, 1.165) is 16.3 Å². The summed E-state index contributed by atoms with van der Waals surface area (Å²) in [5.74, 6) is 0.391. The largest absolute Gasteiger partial charge is 0.493 e. The van der Waals surface area contributed by atoms with Crippen molar-refractivity contribution in [2.45, 2.75) is 6.61 Å². The minimum atomic E-state index is -0.581. The summed E-state index contributed by atoms with van der Waals surface area (Å²) >= 11 is 15.4. The van der Waals surface area contributed by atoms with E-state index in [1.807, 2.05) is 24.3 Å². The predicted octanol–water partition coefficient (Wildman–Crippen LogP) is 8.04. The fourth-order valence-electron chi connectivity index (χ4n) is 3.53. The summed E-state index contributed by atoms with van der Waals surface area (Å²) in [5, 5.41) is 15.2. The van der Waals surface area contributed by atoms with Crippen LogP contribution in [-0.2, 0) is 11.4 Å². The number of nitrogens with zero attached hydrogens (tertiary/aromatic N) is 1. The van der Waals surface area contributed by atoms with Crippen molar-refractivity contribution >= 4 is 67.6 Å². The Morgan fingerprint density at radius 2 is 1.81 bits per heavy atom. The summed E-state index contributed by atoms with van der Waals surface area (Å²) in [6, 6.07) is 24.3. The van der Waals surface area contributed by atoms with E-state index in [2.05, 4.69) is 45.5 Å². The van der Waals surface area contributed by atoms with Crippen molar-refractivity contribution in [1.82, 2.24) is 0 Å². The quantitative estimate of drug-likeness (QED) is 0.177. The van der Waals surface area contributed by atoms with E-state index in [-0.39, 0.29) is 5.57 Å². The predicted molar refractivity (Wildman–Crippen MR) is 148 cm³/mol. The maximum atomic E-state index is 12.7. The number of rotatable bonds is 7. The van der Waals surface area contributed by atoms with Gasteiger partial charge in [-0.25, -0.2) is 0 Å². The lowest BCUT2D eigenvalue weighted by atomic mass is 10.1. The summed E-state index contributed by atoms with van der Waals surface area (Å²) in [6.07, 6.45) is 1.47. The zero-order valence-electron chi connectivity index (χ0n) is 19.0. The van der Waals surface area contributed by atoms with Crippen LogP contribution in [-0.4, -0.2) is 13.0 Å². The van der Waals surface area contributed by atoms with Crippen LogP contribution >= 0.6 is 39.1 Å². The molecule has 0 saturated heterocycles. The first-order chi connectivity index (χ1) is 17.4. The number of carbonyl (C=O) groups is 1. The van der Waals surface area contributed by atoms with Crippen molar-refractivity contribution in [2.75, 3.05) is 12.4 Å². The van der Waals surface area contributed by atoms with Gasteiger partial charge in [-0.05, 0) is 80.3 Å². The third-order valence-corrected chi connectivity index (χ3v) is 6.63. The molecule has 0 bridgehead atoms. The van der Waals surface area contributed by atoms with Gasteiger partial charge in [-0.1, -0.05) is 59.6 Å². The van der Waals surface area contributed by atoms with Gasteiger partial charge in [0, 0.05) is 5.69 Å². The number of methoxy groups -OCH3 is 1. The molecule has 0 aliphatic heterocycles. The number of anilines is 1.